The van der Waals surface area contributed by atoms with Crippen LogP contribution in [0.15, 0.2) is 42.6 Å². The van der Waals surface area contributed by atoms with Crippen molar-refractivity contribution in [1.29, 1.82) is 0 Å². The second-order valence-electron chi connectivity index (χ2n) is 4.57. The number of methoxy groups -OCH3 is 1. The van der Waals surface area contributed by atoms with Gasteiger partial charge in [0.25, 0.3) is 0 Å². The van der Waals surface area contributed by atoms with Crippen LogP contribution in [0.3, 0.4) is 0 Å². The van der Waals surface area contributed by atoms with Crippen molar-refractivity contribution in [2.75, 3.05) is 19.5 Å². The number of hydrogen-bond donors (Lipinski definition) is 2. The summed E-state index contributed by atoms with van der Waals surface area (Å²) in [4.78, 5) is 4.05. The summed E-state index contributed by atoms with van der Waals surface area (Å²) in [6, 6.07) is 10.6. The van der Waals surface area contributed by atoms with Gasteiger partial charge in [0.05, 0.1) is 12.1 Å². The maximum absolute atomic E-state index is 12.7. The third kappa shape index (κ3) is 3.12. The summed E-state index contributed by atoms with van der Waals surface area (Å²) in [7, 11) is 1.53. The van der Waals surface area contributed by atoms with E-state index in [0.29, 0.717) is 5.82 Å². The van der Waals surface area contributed by atoms with E-state index in [1.165, 1.54) is 7.11 Å². The molecular weight excluding hydrogens is 257 g/mol. The fraction of sp³-hybridized carbons (Fsp3) is 0.267. The van der Waals surface area contributed by atoms with Crippen LogP contribution in [-0.2, 0) is 4.74 Å². The zero-order valence-corrected chi connectivity index (χ0v) is 11.3. The molecule has 0 aliphatic rings. The van der Waals surface area contributed by atoms with E-state index in [9.17, 15) is 4.39 Å². The van der Waals surface area contributed by atoms with Crippen molar-refractivity contribution >= 4 is 5.82 Å². The standard InChI is InChI=1S/C15H18FN3O/c1-20-15(13(17)8-16)11-4-2-10(3-5-11)12-6-7-14(18)19-9-12/h2-7,9,13,15H,8,17H2,1H3,(H2,18,19)/t13-,15-/m1/s1. The van der Waals surface area contributed by atoms with Crippen LogP contribution in [-0.4, -0.2) is 24.8 Å². The van der Waals surface area contributed by atoms with Gasteiger partial charge in [-0.15, -0.1) is 0 Å². The topological polar surface area (TPSA) is 74.2 Å². The summed E-state index contributed by atoms with van der Waals surface area (Å²) in [6.45, 7) is -0.623. The molecule has 0 aliphatic heterocycles. The first-order chi connectivity index (χ1) is 9.65. The van der Waals surface area contributed by atoms with Crippen LogP contribution in [0, 0.1) is 0 Å². The highest BCUT2D eigenvalue weighted by Gasteiger charge is 2.19. The van der Waals surface area contributed by atoms with E-state index in [-0.39, 0.29) is 0 Å². The molecule has 0 bridgehead atoms. The van der Waals surface area contributed by atoms with Crippen LogP contribution < -0.4 is 11.5 Å². The molecule has 0 unspecified atom stereocenters. The Bertz CT molecular complexity index is 542. The third-order valence-electron chi connectivity index (χ3n) is 3.18. The molecule has 1 aromatic heterocycles. The maximum Gasteiger partial charge on any atom is 0.123 e. The molecule has 4 nitrogen and oxygen atoms in total. The minimum atomic E-state index is -0.663. The van der Waals surface area contributed by atoms with Crippen molar-refractivity contribution in [3.63, 3.8) is 0 Å². The van der Waals surface area contributed by atoms with Crippen LogP contribution in [0.1, 0.15) is 11.7 Å². The van der Waals surface area contributed by atoms with Crippen LogP contribution in [0.25, 0.3) is 11.1 Å². The van der Waals surface area contributed by atoms with Crippen molar-refractivity contribution in [2.45, 2.75) is 12.1 Å². The summed E-state index contributed by atoms with van der Waals surface area (Å²) >= 11 is 0. The molecule has 106 valence electrons. The number of rotatable bonds is 5. The Morgan fingerprint density at radius 3 is 2.30 bits per heavy atom. The summed E-state index contributed by atoms with van der Waals surface area (Å²) < 4.78 is 17.9. The minimum absolute atomic E-state index is 0.446. The van der Waals surface area contributed by atoms with Gasteiger partial charge < -0.3 is 16.2 Å². The quantitative estimate of drug-likeness (QED) is 0.878. The molecule has 2 atom stereocenters. The Morgan fingerprint density at radius 2 is 1.80 bits per heavy atom. The van der Waals surface area contributed by atoms with Gasteiger partial charge in [0.15, 0.2) is 0 Å². The number of benzene rings is 1. The van der Waals surface area contributed by atoms with Gasteiger partial charge in [0.1, 0.15) is 12.5 Å². The van der Waals surface area contributed by atoms with Crippen molar-refractivity contribution in [2.24, 2.45) is 5.73 Å². The summed E-state index contributed by atoms with van der Waals surface area (Å²) in [5.74, 6) is 0.485. The normalized spacial score (nSPS) is 13.9. The number of alkyl halides is 1. The van der Waals surface area contributed by atoms with Crippen molar-refractivity contribution < 1.29 is 9.13 Å². The number of halogens is 1. The number of aromatic nitrogens is 1. The molecule has 2 rings (SSSR count). The van der Waals surface area contributed by atoms with E-state index in [1.54, 1.807) is 12.3 Å². The summed E-state index contributed by atoms with van der Waals surface area (Å²) in [5, 5.41) is 0. The molecule has 0 saturated heterocycles. The number of nitrogens with zero attached hydrogens (tertiary/aromatic N) is 1. The lowest BCUT2D eigenvalue weighted by atomic mass is 10.00. The van der Waals surface area contributed by atoms with Crippen LogP contribution in [0.5, 0.6) is 0 Å². The zero-order chi connectivity index (χ0) is 14.5. The van der Waals surface area contributed by atoms with E-state index in [2.05, 4.69) is 4.98 Å². The lowest BCUT2D eigenvalue weighted by molar-refractivity contribution is 0.0721. The van der Waals surface area contributed by atoms with E-state index in [0.717, 1.165) is 16.7 Å². The molecule has 20 heavy (non-hydrogen) atoms. The number of pyridine rings is 1. The Morgan fingerprint density at radius 1 is 1.15 bits per heavy atom. The predicted molar refractivity (Wildman–Crippen MR) is 77.8 cm³/mol. The average molecular weight is 275 g/mol. The monoisotopic (exact) mass is 275 g/mol. The highest BCUT2D eigenvalue weighted by atomic mass is 19.1. The van der Waals surface area contributed by atoms with Crippen LogP contribution >= 0.6 is 0 Å². The van der Waals surface area contributed by atoms with Gasteiger partial charge in [0.2, 0.25) is 0 Å². The molecule has 0 spiro atoms. The molecule has 0 fully saturated rings. The van der Waals surface area contributed by atoms with E-state index >= 15 is 0 Å². The largest absolute Gasteiger partial charge is 0.384 e. The zero-order valence-electron chi connectivity index (χ0n) is 11.3. The average Bonchev–Trinajstić information content (AvgIpc) is 2.49. The van der Waals surface area contributed by atoms with Crippen molar-refractivity contribution in [3.8, 4) is 11.1 Å². The Balaban J connectivity index is 2.23. The van der Waals surface area contributed by atoms with E-state index < -0.39 is 18.8 Å². The maximum atomic E-state index is 12.7. The first-order valence-electron chi connectivity index (χ1n) is 6.32. The Hall–Kier alpha value is -1.98. The van der Waals surface area contributed by atoms with Gasteiger partial charge in [0, 0.05) is 18.9 Å². The lowest BCUT2D eigenvalue weighted by Gasteiger charge is -2.20. The fourth-order valence-electron chi connectivity index (χ4n) is 2.08. The van der Waals surface area contributed by atoms with Crippen LogP contribution in [0.4, 0.5) is 10.2 Å². The predicted octanol–water partition coefficient (Wildman–Crippen LogP) is 2.32. The second-order valence-corrected chi connectivity index (χ2v) is 4.57. The number of nitrogen functional groups attached to an aromatic ring is 1. The van der Waals surface area contributed by atoms with E-state index in [4.69, 9.17) is 16.2 Å². The highest BCUT2D eigenvalue weighted by molar-refractivity contribution is 5.63. The number of nitrogens with two attached hydrogens (primary N) is 2. The highest BCUT2D eigenvalue weighted by Crippen LogP contribution is 2.24. The lowest BCUT2D eigenvalue weighted by Crippen LogP contribution is -2.31. The number of hydrogen-bond acceptors (Lipinski definition) is 4. The van der Waals surface area contributed by atoms with Crippen molar-refractivity contribution in [1.82, 2.24) is 4.98 Å². The molecular formula is C15H18FN3O. The van der Waals surface area contributed by atoms with Gasteiger partial charge in [-0.2, -0.15) is 0 Å². The molecule has 0 saturated carbocycles. The second kappa shape index (κ2) is 6.45. The van der Waals surface area contributed by atoms with Gasteiger partial charge >= 0.3 is 0 Å². The molecule has 1 heterocycles. The summed E-state index contributed by atoms with van der Waals surface area (Å²) in [5.41, 5.74) is 14.1. The van der Waals surface area contributed by atoms with Crippen LogP contribution in [0.2, 0.25) is 0 Å². The van der Waals surface area contributed by atoms with Gasteiger partial charge in [-0.25, -0.2) is 9.37 Å². The SMILES string of the molecule is CO[C@H](c1ccc(-c2ccc(N)nc2)cc1)[C@H](N)CF. The van der Waals surface area contributed by atoms with E-state index in [1.807, 2.05) is 30.3 Å². The van der Waals surface area contributed by atoms with Gasteiger partial charge in [-0.05, 0) is 23.3 Å². The Kier molecular flexibility index (Phi) is 4.65. The number of anilines is 1. The molecule has 5 heteroatoms. The smallest absolute Gasteiger partial charge is 0.123 e. The molecule has 0 amide bonds. The first-order valence-corrected chi connectivity index (χ1v) is 6.32. The molecule has 0 aliphatic carbocycles. The van der Waals surface area contributed by atoms with Gasteiger partial charge in [-0.1, -0.05) is 24.3 Å². The molecule has 4 N–H and O–H groups in total. The molecule has 2 aromatic rings. The minimum Gasteiger partial charge on any atom is -0.384 e. The Labute approximate surface area is 117 Å². The fourth-order valence-corrected chi connectivity index (χ4v) is 2.08. The van der Waals surface area contributed by atoms with Gasteiger partial charge in [-0.3, -0.25) is 0 Å². The van der Waals surface area contributed by atoms with Crippen molar-refractivity contribution in [3.05, 3.63) is 48.2 Å². The molecule has 1 aromatic carbocycles. The first kappa shape index (κ1) is 14.4. The number of ether oxygens (including phenoxy) is 1. The third-order valence-corrected chi connectivity index (χ3v) is 3.18. The summed E-state index contributed by atoms with van der Waals surface area (Å²) in [6.07, 6.45) is 1.27. The molecule has 0 radical (unpaired) electrons.